The van der Waals surface area contributed by atoms with Gasteiger partial charge in [-0.3, -0.25) is 9.59 Å². The summed E-state index contributed by atoms with van der Waals surface area (Å²) in [5, 5.41) is 13.4. The lowest BCUT2D eigenvalue weighted by Gasteiger charge is -2.30. The number of amides is 1. The molecule has 8 nitrogen and oxygen atoms in total. The Morgan fingerprint density at radius 3 is 2.54 bits per heavy atom. The van der Waals surface area contributed by atoms with E-state index in [1.54, 1.807) is 4.52 Å². The molecule has 2 aromatic heterocycles. The van der Waals surface area contributed by atoms with E-state index in [4.69, 9.17) is 5.11 Å². The number of aromatic nitrogens is 3. The van der Waals surface area contributed by atoms with Crippen molar-refractivity contribution in [2.75, 3.05) is 13.1 Å². The first-order valence-electron chi connectivity index (χ1n) is 8.17. The zero-order valence-electron chi connectivity index (χ0n) is 13.1. The van der Waals surface area contributed by atoms with Gasteiger partial charge in [-0.15, -0.1) is 0 Å². The van der Waals surface area contributed by atoms with E-state index < -0.39 is 6.09 Å². The van der Waals surface area contributed by atoms with Crippen molar-refractivity contribution in [3.8, 4) is 0 Å². The highest BCUT2D eigenvalue weighted by atomic mass is 16.4. The van der Waals surface area contributed by atoms with Crippen LogP contribution >= 0.6 is 0 Å². The molecule has 1 saturated heterocycles. The first-order chi connectivity index (χ1) is 11.5. The topological polar surface area (TPSA) is 108 Å². The third-order valence-electron chi connectivity index (χ3n) is 4.93. The summed E-state index contributed by atoms with van der Waals surface area (Å²) in [7, 11) is 0. The van der Waals surface area contributed by atoms with Gasteiger partial charge in [0.2, 0.25) is 0 Å². The van der Waals surface area contributed by atoms with Crippen molar-refractivity contribution in [3.05, 3.63) is 33.9 Å². The molecule has 1 amide bonds. The highest BCUT2D eigenvalue weighted by Gasteiger charge is 2.33. The summed E-state index contributed by atoms with van der Waals surface area (Å²) < 4.78 is 1.64. The zero-order valence-corrected chi connectivity index (χ0v) is 13.1. The summed E-state index contributed by atoms with van der Waals surface area (Å²) in [6, 6.07) is 1.51. The summed E-state index contributed by atoms with van der Waals surface area (Å²) >= 11 is 0. The Morgan fingerprint density at radius 1 is 1.21 bits per heavy atom. The van der Waals surface area contributed by atoms with Crippen LogP contribution in [0.5, 0.6) is 0 Å². The van der Waals surface area contributed by atoms with Gasteiger partial charge in [0.25, 0.3) is 5.56 Å². The number of nitrogens with zero attached hydrogens (tertiary/aromatic N) is 3. The van der Waals surface area contributed by atoms with E-state index in [0.717, 1.165) is 18.5 Å². The molecule has 0 radical (unpaired) electrons. The molecule has 24 heavy (non-hydrogen) atoms. The molecular weight excluding hydrogens is 312 g/mol. The lowest BCUT2D eigenvalue weighted by molar-refractivity contribution is 0.0969. The first kappa shape index (κ1) is 14.9. The van der Waals surface area contributed by atoms with Crippen molar-refractivity contribution >= 4 is 17.5 Å². The number of H-pyrrole nitrogens is 1. The molecule has 1 aliphatic heterocycles. The maximum Gasteiger partial charge on any atom is 0.407 e. The molecule has 0 bridgehead atoms. The average molecular weight is 330 g/mol. The summed E-state index contributed by atoms with van der Waals surface area (Å²) in [5.74, 6) is 0.150. The van der Waals surface area contributed by atoms with Gasteiger partial charge in [-0.1, -0.05) is 0 Å². The van der Waals surface area contributed by atoms with E-state index in [9.17, 15) is 14.4 Å². The second-order valence-electron chi connectivity index (χ2n) is 6.56. The number of piperidine rings is 1. The highest BCUT2D eigenvalue weighted by Crippen LogP contribution is 2.34. The largest absolute Gasteiger partial charge is 0.465 e. The molecule has 126 valence electrons. The van der Waals surface area contributed by atoms with Crippen molar-refractivity contribution in [2.45, 2.75) is 31.6 Å². The molecule has 1 aliphatic carbocycles. The van der Waals surface area contributed by atoms with Crippen LogP contribution in [0.25, 0.3) is 5.65 Å². The van der Waals surface area contributed by atoms with Crippen LogP contribution < -0.4 is 5.56 Å². The fraction of sp³-hybridized carbons (Fsp3) is 0.500. The van der Waals surface area contributed by atoms with Gasteiger partial charge in [0, 0.05) is 31.0 Å². The van der Waals surface area contributed by atoms with Crippen molar-refractivity contribution < 1.29 is 14.7 Å². The molecular formula is C16H18N4O4. The van der Waals surface area contributed by atoms with Gasteiger partial charge in [0.1, 0.15) is 5.65 Å². The Kier molecular flexibility index (Phi) is 3.40. The number of carboxylic acid groups (broad SMARTS) is 1. The maximum absolute atomic E-state index is 12.4. The smallest absolute Gasteiger partial charge is 0.407 e. The second-order valence-corrected chi connectivity index (χ2v) is 6.56. The van der Waals surface area contributed by atoms with Crippen LogP contribution in [0.2, 0.25) is 0 Å². The number of likely N-dealkylation sites (tertiary alicyclic amines) is 1. The third-order valence-corrected chi connectivity index (χ3v) is 4.93. The van der Waals surface area contributed by atoms with E-state index in [-0.39, 0.29) is 23.2 Å². The number of carbonyl (C=O) groups is 2. The van der Waals surface area contributed by atoms with Crippen LogP contribution in [-0.4, -0.2) is 49.6 Å². The number of fused-ring (bicyclic) bond motifs is 1. The van der Waals surface area contributed by atoms with Gasteiger partial charge in [0.05, 0.1) is 17.5 Å². The summed E-state index contributed by atoms with van der Waals surface area (Å²) in [6.45, 7) is 0.868. The first-order valence-corrected chi connectivity index (χ1v) is 8.17. The van der Waals surface area contributed by atoms with E-state index in [1.807, 2.05) is 0 Å². The number of ketones is 1. The van der Waals surface area contributed by atoms with Crippen LogP contribution in [0.15, 0.2) is 17.1 Å². The maximum atomic E-state index is 12.4. The monoisotopic (exact) mass is 330 g/mol. The molecule has 8 heteroatoms. The van der Waals surface area contributed by atoms with E-state index >= 15 is 0 Å². The molecule has 3 heterocycles. The minimum atomic E-state index is -0.916. The van der Waals surface area contributed by atoms with Gasteiger partial charge in [0.15, 0.2) is 5.78 Å². The molecule has 0 aromatic carbocycles. The predicted molar refractivity (Wildman–Crippen MR) is 84.4 cm³/mol. The van der Waals surface area contributed by atoms with Crippen LogP contribution in [0.4, 0.5) is 4.79 Å². The Morgan fingerprint density at radius 2 is 1.92 bits per heavy atom. The number of hydrogen-bond donors (Lipinski definition) is 2. The number of Topliss-reactive ketones (excluding diaryl/α,β-unsaturated/α-hetero) is 1. The summed E-state index contributed by atoms with van der Waals surface area (Å²) in [6.07, 6.45) is 3.68. The molecule has 2 aliphatic rings. The van der Waals surface area contributed by atoms with Crippen LogP contribution in [-0.2, 0) is 0 Å². The standard InChI is InChI=1S/C16H18N4O4/c21-13-7-12(9-3-5-19(6-4-9)16(23)24)20-15(18-13)11(8-17-20)14(22)10-1-2-10/h7-10H,1-6H2,(H,18,21)(H,23,24). The van der Waals surface area contributed by atoms with Gasteiger partial charge in [-0.2, -0.15) is 5.10 Å². The van der Waals surface area contributed by atoms with E-state index in [0.29, 0.717) is 37.1 Å². The molecule has 2 fully saturated rings. The van der Waals surface area contributed by atoms with Crippen molar-refractivity contribution in [1.82, 2.24) is 19.5 Å². The number of aromatic amines is 1. The number of carbonyl (C=O) groups excluding carboxylic acids is 1. The van der Waals surface area contributed by atoms with Gasteiger partial charge < -0.3 is 15.0 Å². The van der Waals surface area contributed by atoms with E-state index in [1.165, 1.54) is 17.2 Å². The Bertz CT molecular complexity index is 872. The lowest BCUT2D eigenvalue weighted by atomic mass is 9.93. The van der Waals surface area contributed by atoms with Crippen LogP contribution in [0, 0.1) is 5.92 Å². The minimum absolute atomic E-state index is 0.0403. The molecule has 0 spiro atoms. The summed E-state index contributed by atoms with van der Waals surface area (Å²) in [5.41, 5.74) is 1.41. The zero-order chi connectivity index (χ0) is 16.8. The normalized spacial score (nSPS) is 18.9. The molecule has 2 aromatic rings. The molecule has 4 rings (SSSR count). The van der Waals surface area contributed by atoms with Gasteiger partial charge in [-0.25, -0.2) is 9.31 Å². The number of nitrogens with one attached hydrogen (secondary N) is 1. The van der Waals surface area contributed by atoms with Gasteiger partial charge in [-0.05, 0) is 25.7 Å². The molecule has 1 saturated carbocycles. The minimum Gasteiger partial charge on any atom is -0.465 e. The third kappa shape index (κ3) is 2.47. The van der Waals surface area contributed by atoms with Crippen molar-refractivity contribution in [2.24, 2.45) is 5.92 Å². The fourth-order valence-corrected chi connectivity index (χ4v) is 3.42. The molecule has 0 unspecified atom stereocenters. The SMILES string of the molecule is O=C(c1cnn2c(C3CCN(C(=O)O)CC3)cc(=O)[nH]c12)C1CC1. The Hall–Kier alpha value is -2.64. The van der Waals surface area contributed by atoms with Crippen molar-refractivity contribution in [1.29, 1.82) is 0 Å². The van der Waals surface area contributed by atoms with Gasteiger partial charge >= 0.3 is 6.09 Å². The fourth-order valence-electron chi connectivity index (χ4n) is 3.42. The van der Waals surface area contributed by atoms with Crippen molar-refractivity contribution in [3.63, 3.8) is 0 Å². The lowest BCUT2D eigenvalue weighted by Crippen LogP contribution is -2.37. The number of rotatable bonds is 3. The Labute approximate surface area is 137 Å². The average Bonchev–Trinajstić information content (AvgIpc) is 3.34. The Balaban J connectivity index is 1.70. The van der Waals surface area contributed by atoms with Crippen LogP contribution in [0.1, 0.15) is 47.7 Å². The van der Waals surface area contributed by atoms with Crippen LogP contribution in [0.3, 0.4) is 0 Å². The summed E-state index contributed by atoms with van der Waals surface area (Å²) in [4.78, 5) is 39.6. The predicted octanol–water partition coefficient (Wildman–Crippen LogP) is 1.47. The molecule has 2 N–H and O–H groups in total. The highest BCUT2D eigenvalue weighted by molar-refractivity contribution is 6.03. The second kappa shape index (κ2) is 5.47. The molecule has 0 atom stereocenters. The quantitative estimate of drug-likeness (QED) is 0.829. The number of hydrogen-bond acceptors (Lipinski definition) is 4. The van der Waals surface area contributed by atoms with E-state index in [2.05, 4.69) is 10.1 Å².